The lowest BCUT2D eigenvalue weighted by atomic mass is 10.1. The van der Waals surface area contributed by atoms with E-state index in [4.69, 9.17) is 4.74 Å². The van der Waals surface area contributed by atoms with Gasteiger partial charge in [0.15, 0.2) is 5.75 Å². The Kier molecular flexibility index (Phi) is 5.22. The van der Waals surface area contributed by atoms with Crippen LogP contribution in [0.1, 0.15) is 11.1 Å². The van der Waals surface area contributed by atoms with Gasteiger partial charge in [-0.05, 0) is 41.6 Å². The monoisotopic (exact) mass is 367 g/mol. The molecule has 9 heteroatoms. The minimum atomic E-state index is -4.77. The molecule has 2 aromatic carbocycles. The maximum atomic E-state index is 12.9. The first-order valence-electron chi connectivity index (χ1n) is 6.41. The van der Waals surface area contributed by atoms with Crippen molar-refractivity contribution in [3.05, 3.63) is 53.6 Å². The Bertz CT molecular complexity index is 712. The SMILES string of the molecule is [O]c1cccc(C(F)(F)F)c1OCc1cccc(SC(F)(F)F)c1. The van der Waals surface area contributed by atoms with E-state index in [1.807, 2.05) is 0 Å². The summed E-state index contributed by atoms with van der Waals surface area (Å²) >= 11 is -0.350. The Morgan fingerprint density at radius 2 is 1.62 bits per heavy atom. The van der Waals surface area contributed by atoms with Gasteiger partial charge in [-0.15, -0.1) is 0 Å². The molecule has 0 aromatic heterocycles. The van der Waals surface area contributed by atoms with Crippen molar-refractivity contribution >= 4 is 11.8 Å². The van der Waals surface area contributed by atoms with Crippen LogP contribution < -0.4 is 4.74 Å². The molecular weight excluding hydrogens is 358 g/mol. The molecule has 0 fully saturated rings. The predicted molar refractivity (Wildman–Crippen MR) is 74.3 cm³/mol. The van der Waals surface area contributed by atoms with Gasteiger partial charge in [0.25, 0.3) is 0 Å². The van der Waals surface area contributed by atoms with Gasteiger partial charge < -0.3 is 4.74 Å². The largest absolute Gasteiger partial charge is 0.484 e. The van der Waals surface area contributed by atoms with Crippen molar-refractivity contribution in [2.24, 2.45) is 0 Å². The number of halogens is 6. The molecule has 0 aliphatic rings. The second kappa shape index (κ2) is 6.84. The second-order valence-electron chi connectivity index (χ2n) is 4.61. The van der Waals surface area contributed by atoms with Gasteiger partial charge >= 0.3 is 11.7 Å². The minimum Gasteiger partial charge on any atom is -0.484 e. The zero-order chi connectivity index (χ0) is 18.0. The summed E-state index contributed by atoms with van der Waals surface area (Å²) in [5.74, 6) is -1.83. The van der Waals surface area contributed by atoms with Crippen LogP contribution in [0.25, 0.3) is 0 Å². The molecule has 2 aromatic rings. The molecule has 2 rings (SSSR count). The zero-order valence-corrected chi connectivity index (χ0v) is 12.6. The fourth-order valence-corrected chi connectivity index (χ4v) is 2.50. The normalized spacial score (nSPS) is 12.2. The Labute approximate surface area is 137 Å². The molecule has 0 saturated heterocycles. The lowest BCUT2D eigenvalue weighted by Crippen LogP contribution is -2.08. The van der Waals surface area contributed by atoms with Crippen LogP contribution in [0.3, 0.4) is 0 Å². The summed E-state index contributed by atoms with van der Waals surface area (Å²) < 4.78 is 80.5. The van der Waals surface area contributed by atoms with Crippen molar-refractivity contribution in [2.45, 2.75) is 23.2 Å². The highest BCUT2D eigenvalue weighted by Gasteiger charge is 2.36. The van der Waals surface area contributed by atoms with E-state index in [1.165, 1.54) is 18.2 Å². The van der Waals surface area contributed by atoms with Gasteiger partial charge in [0, 0.05) is 4.90 Å². The number of benzene rings is 2. The molecule has 0 aliphatic carbocycles. The molecule has 0 bridgehead atoms. The van der Waals surface area contributed by atoms with Crippen LogP contribution >= 0.6 is 11.8 Å². The molecule has 0 spiro atoms. The van der Waals surface area contributed by atoms with Gasteiger partial charge in [0.05, 0.1) is 0 Å². The lowest BCUT2D eigenvalue weighted by molar-refractivity contribution is -0.139. The molecule has 0 unspecified atom stereocenters. The van der Waals surface area contributed by atoms with E-state index in [0.29, 0.717) is 6.07 Å². The number of ether oxygens (including phenoxy) is 1. The molecule has 2 nitrogen and oxygen atoms in total. The summed E-state index contributed by atoms with van der Waals surface area (Å²) in [5.41, 5.74) is -5.50. The van der Waals surface area contributed by atoms with Gasteiger partial charge in [-0.25, -0.2) is 0 Å². The molecule has 129 valence electrons. The van der Waals surface area contributed by atoms with Crippen molar-refractivity contribution in [3.8, 4) is 11.5 Å². The molecule has 0 aliphatic heterocycles. The first-order chi connectivity index (χ1) is 11.1. The number of rotatable bonds is 4. The van der Waals surface area contributed by atoms with E-state index in [0.717, 1.165) is 18.2 Å². The average molecular weight is 367 g/mol. The topological polar surface area (TPSA) is 29.1 Å². The summed E-state index contributed by atoms with van der Waals surface area (Å²) in [6.07, 6.45) is -4.77. The van der Waals surface area contributed by atoms with Gasteiger partial charge in [0.1, 0.15) is 12.2 Å². The smallest absolute Gasteiger partial charge is 0.446 e. The zero-order valence-electron chi connectivity index (χ0n) is 11.7. The first-order valence-corrected chi connectivity index (χ1v) is 7.22. The van der Waals surface area contributed by atoms with Gasteiger partial charge in [-0.3, -0.25) is 5.11 Å². The van der Waals surface area contributed by atoms with Crippen LogP contribution in [0.15, 0.2) is 47.4 Å². The maximum Gasteiger partial charge on any atom is 0.446 e. The van der Waals surface area contributed by atoms with Crippen molar-refractivity contribution in [2.75, 3.05) is 0 Å². The molecule has 0 N–H and O–H groups in total. The van der Waals surface area contributed by atoms with Gasteiger partial charge in [-0.2, -0.15) is 26.3 Å². The van der Waals surface area contributed by atoms with E-state index >= 15 is 0 Å². The quantitative estimate of drug-likeness (QED) is 0.487. The highest BCUT2D eigenvalue weighted by molar-refractivity contribution is 8.00. The van der Waals surface area contributed by atoms with Crippen molar-refractivity contribution < 1.29 is 36.2 Å². The van der Waals surface area contributed by atoms with Gasteiger partial charge in [0.2, 0.25) is 5.75 Å². The molecule has 1 radical (unpaired) electrons. The Balaban J connectivity index is 2.19. The Morgan fingerprint density at radius 3 is 2.25 bits per heavy atom. The van der Waals surface area contributed by atoms with E-state index in [-0.39, 0.29) is 22.2 Å². The third kappa shape index (κ3) is 4.98. The second-order valence-corrected chi connectivity index (χ2v) is 5.75. The van der Waals surface area contributed by atoms with Crippen molar-refractivity contribution in [3.63, 3.8) is 0 Å². The van der Waals surface area contributed by atoms with E-state index in [9.17, 15) is 31.4 Å². The molecule has 0 atom stereocenters. The number of alkyl halides is 6. The summed E-state index contributed by atoms with van der Waals surface area (Å²) in [7, 11) is 0. The maximum absolute atomic E-state index is 12.9. The van der Waals surface area contributed by atoms with Crippen LogP contribution in [0.2, 0.25) is 0 Å². The van der Waals surface area contributed by atoms with E-state index in [1.54, 1.807) is 0 Å². The fourth-order valence-electron chi connectivity index (χ4n) is 1.88. The molecule has 0 amide bonds. The highest BCUT2D eigenvalue weighted by atomic mass is 32.2. The molecule has 24 heavy (non-hydrogen) atoms. The average Bonchev–Trinajstić information content (AvgIpc) is 2.43. The number of hydrogen-bond acceptors (Lipinski definition) is 2. The Morgan fingerprint density at radius 1 is 0.958 bits per heavy atom. The number of thioether (sulfide) groups is 1. The van der Waals surface area contributed by atoms with Crippen molar-refractivity contribution in [1.82, 2.24) is 0 Å². The fraction of sp³-hybridized carbons (Fsp3) is 0.200. The summed E-state index contributed by atoms with van der Waals surface area (Å²) in [6.45, 7) is -0.464. The lowest BCUT2D eigenvalue weighted by Gasteiger charge is -2.14. The molecular formula is C15H9F6O2S. The first kappa shape index (κ1) is 18.3. The molecule has 0 saturated carbocycles. The third-order valence-corrected chi connectivity index (χ3v) is 3.52. The highest BCUT2D eigenvalue weighted by Crippen LogP contribution is 2.42. The van der Waals surface area contributed by atoms with Crippen molar-refractivity contribution in [1.29, 1.82) is 0 Å². The number of para-hydroxylation sites is 1. The van der Waals surface area contributed by atoms with Crippen LogP contribution in [0, 0.1) is 0 Å². The standard InChI is InChI=1S/C15H9F6O2S/c16-14(17,18)11-5-2-6-12(22)13(11)23-8-9-3-1-4-10(7-9)24-15(19,20)21/h1-7H,8H2. The van der Waals surface area contributed by atoms with E-state index in [2.05, 4.69) is 0 Å². The molecule has 0 heterocycles. The number of hydrogen-bond donors (Lipinski definition) is 0. The van der Waals surface area contributed by atoms with Crippen LogP contribution in [-0.2, 0) is 17.9 Å². The van der Waals surface area contributed by atoms with E-state index < -0.39 is 35.4 Å². The van der Waals surface area contributed by atoms with Crippen LogP contribution in [0.4, 0.5) is 26.3 Å². The minimum absolute atomic E-state index is 0.130. The Hall–Kier alpha value is -2.03. The van der Waals surface area contributed by atoms with Crippen LogP contribution in [0.5, 0.6) is 11.5 Å². The van der Waals surface area contributed by atoms with Gasteiger partial charge in [-0.1, -0.05) is 18.2 Å². The summed E-state index contributed by atoms with van der Waals surface area (Å²) in [5, 5.41) is 11.6. The van der Waals surface area contributed by atoms with Crippen LogP contribution in [-0.4, -0.2) is 5.51 Å². The predicted octanol–water partition coefficient (Wildman–Crippen LogP) is 6.04. The third-order valence-electron chi connectivity index (χ3n) is 2.80. The summed E-state index contributed by atoms with van der Waals surface area (Å²) in [6, 6.07) is 7.64. The summed E-state index contributed by atoms with van der Waals surface area (Å²) in [4.78, 5) is -0.130.